The third-order valence-corrected chi connectivity index (χ3v) is 4.53. The first-order valence-corrected chi connectivity index (χ1v) is 8.97. The first kappa shape index (κ1) is 20.5. The molecule has 0 spiro atoms. The molecule has 0 saturated heterocycles. The van der Waals surface area contributed by atoms with Crippen LogP contribution in [0.4, 0.5) is 5.69 Å². The van der Waals surface area contributed by atoms with Crippen molar-refractivity contribution >= 4 is 28.9 Å². The Morgan fingerprint density at radius 3 is 2.48 bits per heavy atom. The van der Waals surface area contributed by atoms with Gasteiger partial charge in [-0.25, -0.2) is 0 Å². The number of anilines is 1. The molecule has 0 aliphatic rings. The lowest BCUT2D eigenvalue weighted by Crippen LogP contribution is -2.34. The molecule has 7 heteroatoms. The molecule has 6 nitrogen and oxygen atoms in total. The zero-order valence-electron chi connectivity index (χ0n) is 15.8. The van der Waals surface area contributed by atoms with Crippen LogP contribution in [0.25, 0.3) is 0 Å². The summed E-state index contributed by atoms with van der Waals surface area (Å²) in [5.41, 5.74) is 1.90. The number of benzene rings is 2. The number of amides is 1. The van der Waals surface area contributed by atoms with Crippen molar-refractivity contribution in [2.45, 2.75) is 26.2 Å². The van der Waals surface area contributed by atoms with Gasteiger partial charge in [0.1, 0.15) is 5.75 Å². The minimum Gasteiger partial charge on any atom is -0.506 e. The van der Waals surface area contributed by atoms with Crippen LogP contribution in [0.1, 0.15) is 42.1 Å². The van der Waals surface area contributed by atoms with Gasteiger partial charge >= 0.3 is 0 Å². The first-order chi connectivity index (χ1) is 12.9. The van der Waals surface area contributed by atoms with Crippen molar-refractivity contribution in [3.63, 3.8) is 0 Å². The van der Waals surface area contributed by atoms with E-state index in [1.165, 1.54) is 14.2 Å². The topological polar surface area (TPSA) is 79.8 Å². The zero-order chi connectivity index (χ0) is 20.0. The maximum absolute atomic E-state index is 12.4. The summed E-state index contributed by atoms with van der Waals surface area (Å²) in [4.78, 5) is 12.4. The van der Waals surface area contributed by atoms with Crippen molar-refractivity contribution in [3.8, 4) is 17.2 Å². The van der Waals surface area contributed by atoms with Gasteiger partial charge in [-0.1, -0.05) is 19.9 Å². The Morgan fingerprint density at radius 2 is 1.85 bits per heavy atom. The van der Waals surface area contributed by atoms with Crippen molar-refractivity contribution in [3.05, 3.63) is 47.5 Å². The maximum atomic E-state index is 12.4. The number of thiocarbonyl (C=S) groups is 1. The molecule has 0 aromatic heterocycles. The number of nitrogens with one attached hydrogen (secondary N) is 2. The quantitative estimate of drug-likeness (QED) is 0.512. The smallest absolute Gasteiger partial charge is 0.257 e. The molecule has 2 aromatic carbocycles. The van der Waals surface area contributed by atoms with Crippen molar-refractivity contribution in [1.82, 2.24) is 5.32 Å². The minimum absolute atomic E-state index is 0.0600. The molecule has 27 heavy (non-hydrogen) atoms. The number of methoxy groups -OCH3 is 2. The predicted octanol–water partition coefficient (Wildman–Crippen LogP) is 4.05. The lowest BCUT2D eigenvalue weighted by molar-refractivity contribution is 0.0977. The molecule has 3 N–H and O–H groups in total. The SMILES string of the molecule is CCC(C)c1ccc(O)c(NC(=S)NC(=O)c2ccc(OC)c(OC)c2)c1. The van der Waals surface area contributed by atoms with Crippen LogP contribution in [0.5, 0.6) is 17.2 Å². The summed E-state index contributed by atoms with van der Waals surface area (Å²) in [6.45, 7) is 4.20. The van der Waals surface area contributed by atoms with Crippen LogP contribution in [0.15, 0.2) is 36.4 Å². The van der Waals surface area contributed by atoms with Gasteiger partial charge in [-0.2, -0.15) is 0 Å². The summed E-state index contributed by atoms with van der Waals surface area (Å²) in [6, 6.07) is 10.1. The Hall–Kier alpha value is -2.80. The van der Waals surface area contributed by atoms with E-state index < -0.39 is 5.91 Å². The van der Waals surface area contributed by atoms with Gasteiger partial charge in [-0.15, -0.1) is 0 Å². The average Bonchev–Trinajstić information content (AvgIpc) is 2.68. The van der Waals surface area contributed by atoms with Gasteiger partial charge in [-0.3, -0.25) is 10.1 Å². The molecule has 0 bridgehead atoms. The normalized spacial score (nSPS) is 11.4. The van der Waals surface area contributed by atoms with Crippen LogP contribution in [0.2, 0.25) is 0 Å². The van der Waals surface area contributed by atoms with Crippen molar-refractivity contribution in [2.75, 3.05) is 19.5 Å². The highest BCUT2D eigenvalue weighted by molar-refractivity contribution is 7.80. The van der Waals surface area contributed by atoms with Crippen LogP contribution < -0.4 is 20.1 Å². The lowest BCUT2D eigenvalue weighted by Gasteiger charge is -2.15. The summed E-state index contributed by atoms with van der Waals surface area (Å²) < 4.78 is 10.4. The predicted molar refractivity (Wildman–Crippen MR) is 110 cm³/mol. The number of phenols is 1. The van der Waals surface area contributed by atoms with E-state index >= 15 is 0 Å². The Bertz CT molecular complexity index is 839. The fraction of sp³-hybridized carbons (Fsp3) is 0.300. The largest absolute Gasteiger partial charge is 0.506 e. The summed E-state index contributed by atoms with van der Waals surface area (Å²) in [5, 5.41) is 15.6. The molecule has 2 aromatic rings. The van der Waals surface area contributed by atoms with E-state index in [0.717, 1.165) is 12.0 Å². The fourth-order valence-electron chi connectivity index (χ4n) is 2.50. The van der Waals surface area contributed by atoms with Crippen molar-refractivity contribution < 1.29 is 19.4 Å². The third kappa shape index (κ3) is 5.10. The standard InChI is InChI=1S/C20H24N2O4S/c1-5-12(2)13-6-8-16(23)15(10-13)21-20(27)22-19(24)14-7-9-17(25-3)18(11-14)26-4/h6-12,23H,5H2,1-4H3,(H2,21,22,24,27). The summed E-state index contributed by atoms with van der Waals surface area (Å²) in [6.07, 6.45) is 0.977. The van der Waals surface area contributed by atoms with Crippen molar-refractivity contribution in [2.24, 2.45) is 0 Å². The van der Waals surface area contributed by atoms with Gasteiger partial charge in [0.15, 0.2) is 16.6 Å². The Balaban J connectivity index is 2.10. The molecule has 2 rings (SSSR count). The Labute approximate surface area is 164 Å². The molecule has 1 unspecified atom stereocenters. The highest BCUT2D eigenvalue weighted by Gasteiger charge is 2.14. The Kier molecular flexibility index (Phi) is 7.01. The zero-order valence-corrected chi connectivity index (χ0v) is 16.6. The number of carbonyl (C=O) groups is 1. The molecule has 0 saturated carbocycles. The van der Waals surface area contributed by atoms with Gasteiger partial charge in [0.25, 0.3) is 5.91 Å². The van der Waals surface area contributed by atoms with E-state index in [1.807, 2.05) is 12.1 Å². The second-order valence-electron chi connectivity index (χ2n) is 6.06. The second-order valence-corrected chi connectivity index (χ2v) is 6.47. The molecule has 0 fully saturated rings. The highest BCUT2D eigenvalue weighted by Crippen LogP contribution is 2.29. The molecule has 0 radical (unpaired) electrons. The number of hydrogen-bond acceptors (Lipinski definition) is 5. The summed E-state index contributed by atoms with van der Waals surface area (Å²) in [5.74, 6) is 0.987. The van der Waals surface area contributed by atoms with E-state index in [1.54, 1.807) is 24.3 Å². The van der Waals surface area contributed by atoms with E-state index in [2.05, 4.69) is 24.5 Å². The molecular formula is C20H24N2O4S. The summed E-state index contributed by atoms with van der Waals surface area (Å²) >= 11 is 5.21. The maximum Gasteiger partial charge on any atom is 0.257 e. The number of aromatic hydroxyl groups is 1. The van der Waals surface area contributed by atoms with E-state index in [4.69, 9.17) is 21.7 Å². The molecule has 0 aliphatic heterocycles. The summed E-state index contributed by atoms with van der Waals surface area (Å²) in [7, 11) is 3.02. The van der Waals surface area contributed by atoms with Crippen LogP contribution in [0, 0.1) is 0 Å². The van der Waals surface area contributed by atoms with E-state index in [9.17, 15) is 9.90 Å². The Morgan fingerprint density at radius 1 is 1.15 bits per heavy atom. The van der Waals surface area contributed by atoms with Gasteiger partial charge in [-0.05, 0) is 60.5 Å². The number of carbonyl (C=O) groups excluding carboxylic acids is 1. The van der Waals surface area contributed by atoms with Gasteiger partial charge in [0, 0.05) is 5.56 Å². The highest BCUT2D eigenvalue weighted by atomic mass is 32.1. The number of hydrogen-bond donors (Lipinski definition) is 3. The molecule has 1 atom stereocenters. The van der Waals surface area contributed by atoms with Crippen LogP contribution in [-0.4, -0.2) is 30.3 Å². The first-order valence-electron chi connectivity index (χ1n) is 8.56. The monoisotopic (exact) mass is 388 g/mol. The average molecular weight is 388 g/mol. The van der Waals surface area contributed by atoms with Crippen LogP contribution in [0.3, 0.4) is 0 Å². The molecular weight excluding hydrogens is 364 g/mol. The minimum atomic E-state index is -0.397. The van der Waals surface area contributed by atoms with Gasteiger partial charge in [0.2, 0.25) is 0 Å². The molecule has 0 aliphatic carbocycles. The van der Waals surface area contributed by atoms with E-state index in [-0.39, 0.29) is 10.9 Å². The molecule has 144 valence electrons. The number of rotatable bonds is 6. The van der Waals surface area contributed by atoms with Gasteiger partial charge < -0.3 is 19.9 Å². The van der Waals surface area contributed by atoms with E-state index in [0.29, 0.717) is 28.7 Å². The van der Waals surface area contributed by atoms with Gasteiger partial charge in [0.05, 0.1) is 19.9 Å². The second kappa shape index (κ2) is 9.23. The van der Waals surface area contributed by atoms with Crippen LogP contribution >= 0.6 is 12.2 Å². The molecule has 0 heterocycles. The molecule has 1 amide bonds. The third-order valence-electron chi connectivity index (χ3n) is 4.32. The fourth-order valence-corrected chi connectivity index (χ4v) is 2.70. The number of ether oxygens (including phenoxy) is 2. The lowest BCUT2D eigenvalue weighted by atomic mass is 9.98. The van der Waals surface area contributed by atoms with Crippen LogP contribution in [-0.2, 0) is 0 Å². The van der Waals surface area contributed by atoms with Crippen molar-refractivity contribution in [1.29, 1.82) is 0 Å². The number of phenolic OH excluding ortho intramolecular Hbond substituents is 1.